The van der Waals surface area contributed by atoms with Crippen LogP contribution in [0, 0.1) is 11.3 Å². The van der Waals surface area contributed by atoms with Crippen LogP contribution in [0.2, 0.25) is 0 Å². The fourth-order valence-electron chi connectivity index (χ4n) is 1.43. The number of rotatable bonds is 7. The van der Waals surface area contributed by atoms with Gasteiger partial charge in [0.1, 0.15) is 12.0 Å². The van der Waals surface area contributed by atoms with Crippen molar-refractivity contribution in [3.63, 3.8) is 0 Å². The van der Waals surface area contributed by atoms with Gasteiger partial charge < -0.3 is 14.9 Å². The van der Waals surface area contributed by atoms with Gasteiger partial charge in [-0.15, -0.1) is 0 Å². The average Bonchev–Trinajstić information content (AvgIpc) is 2.29. The molecule has 2 unspecified atom stereocenters. The summed E-state index contributed by atoms with van der Waals surface area (Å²) < 4.78 is 4.68. The fourth-order valence-corrected chi connectivity index (χ4v) is 1.43. The van der Waals surface area contributed by atoms with E-state index in [4.69, 9.17) is 10.2 Å². The molecule has 0 saturated heterocycles. The van der Waals surface area contributed by atoms with Crippen LogP contribution in [-0.4, -0.2) is 34.7 Å². The van der Waals surface area contributed by atoms with Crippen molar-refractivity contribution in [3.8, 4) is 0 Å². The Hall–Kier alpha value is -1.85. The average molecular weight is 244 g/mol. The highest BCUT2D eigenvalue weighted by Gasteiger charge is 2.47. The normalized spacial score (nSPS) is 15.4. The minimum atomic E-state index is -1.62. The number of carboxylic acid groups (broad SMARTS) is 2. The highest BCUT2D eigenvalue weighted by atomic mass is 16.5. The van der Waals surface area contributed by atoms with E-state index in [1.807, 2.05) is 0 Å². The lowest BCUT2D eigenvalue weighted by atomic mass is 9.74. The number of hydrogen-bond acceptors (Lipinski definition) is 4. The van der Waals surface area contributed by atoms with Gasteiger partial charge in [-0.1, -0.05) is 20.4 Å². The van der Waals surface area contributed by atoms with Crippen LogP contribution in [0.5, 0.6) is 0 Å². The van der Waals surface area contributed by atoms with Gasteiger partial charge in [0.15, 0.2) is 0 Å². The van der Waals surface area contributed by atoms with Gasteiger partial charge in [-0.25, -0.2) is 4.79 Å². The maximum atomic E-state index is 11.2. The third-order valence-electron chi connectivity index (χ3n) is 2.89. The Morgan fingerprint density at radius 1 is 1.41 bits per heavy atom. The summed E-state index contributed by atoms with van der Waals surface area (Å²) in [6.45, 7) is 5.50. The van der Waals surface area contributed by atoms with E-state index in [1.165, 1.54) is 13.8 Å². The Balaban J connectivity index is 5.08. The Bertz CT molecular complexity index is 335. The van der Waals surface area contributed by atoms with Crippen molar-refractivity contribution < 1.29 is 29.3 Å². The van der Waals surface area contributed by atoms with E-state index >= 15 is 0 Å². The molecule has 0 aliphatic heterocycles. The molecule has 17 heavy (non-hydrogen) atoms. The summed E-state index contributed by atoms with van der Waals surface area (Å²) in [7, 11) is 0. The van der Waals surface area contributed by atoms with E-state index in [-0.39, 0.29) is 6.42 Å². The number of esters is 1. The molecule has 0 bridgehead atoms. The minimum absolute atomic E-state index is 0.0419. The number of carbonyl (C=O) groups excluding carboxylic acids is 1. The number of carbonyl (C=O) groups is 3. The molecule has 0 aromatic rings. The SMILES string of the molecule is C=CC(=O)OCC(CC)(C(=O)O)C(C)C(=O)O. The van der Waals surface area contributed by atoms with Crippen LogP contribution in [0.15, 0.2) is 12.7 Å². The maximum Gasteiger partial charge on any atom is 0.330 e. The molecule has 96 valence electrons. The van der Waals surface area contributed by atoms with Crippen molar-refractivity contribution in [2.45, 2.75) is 20.3 Å². The van der Waals surface area contributed by atoms with Gasteiger partial charge in [-0.05, 0) is 6.42 Å². The van der Waals surface area contributed by atoms with Crippen molar-refractivity contribution in [3.05, 3.63) is 12.7 Å². The second-order valence-electron chi connectivity index (χ2n) is 3.69. The molecule has 0 fully saturated rings. The number of carboxylic acids is 2. The summed E-state index contributed by atoms with van der Waals surface area (Å²) >= 11 is 0. The summed E-state index contributed by atoms with van der Waals surface area (Å²) in [5, 5.41) is 18.0. The lowest BCUT2D eigenvalue weighted by Gasteiger charge is -2.30. The molecule has 0 rings (SSSR count). The predicted molar refractivity (Wildman–Crippen MR) is 58.3 cm³/mol. The molecule has 0 saturated carbocycles. The Labute approximate surface area is 98.9 Å². The molecule has 0 aliphatic carbocycles. The molecule has 2 atom stereocenters. The molecule has 0 amide bonds. The lowest BCUT2D eigenvalue weighted by molar-refractivity contribution is -0.169. The maximum absolute atomic E-state index is 11.2. The van der Waals surface area contributed by atoms with Crippen molar-refractivity contribution in [2.24, 2.45) is 11.3 Å². The zero-order valence-corrected chi connectivity index (χ0v) is 9.80. The van der Waals surface area contributed by atoms with Crippen LogP contribution >= 0.6 is 0 Å². The first-order valence-electron chi connectivity index (χ1n) is 5.07. The molecule has 0 aromatic carbocycles. The molecular weight excluding hydrogens is 228 g/mol. The van der Waals surface area contributed by atoms with Crippen molar-refractivity contribution in [1.29, 1.82) is 0 Å². The summed E-state index contributed by atoms with van der Waals surface area (Å²) in [4.78, 5) is 33.0. The third-order valence-corrected chi connectivity index (χ3v) is 2.89. The van der Waals surface area contributed by atoms with E-state index in [2.05, 4.69) is 11.3 Å². The van der Waals surface area contributed by atoms with E-state index in [0.29, 0.717) is 0 Å². The van der Waals surface area contributed by atoms with Gasteiger partial charge in [0, 0.05) is 6.08 Å². The third kappa shape index (κ3) is 3.30. The standard InChI is InChI=1S/C11H16O6/c1-4-8(12)17-6-11(5-2,10(15)16)7(3)9(13)14/h4,7H,1,5-6H2,2-3H3,(H,13,14)(H,15,16). The largest absolute Gasteiger partial charge is 0.481 e. The molecule has 0 aliphatic rings. The van der Waals surface area contributed by atoms with E-state index in [1.54, 1.807) is 0 Å². The first-order chi connectivity index (χ1) is 7.81. The zero-order chi connectivity index (χ0) is 13.6. The van der Waals surface area contributed by atoms with Gasteiger partial charge in [0.2, 0.25) is 0 Å². The van der Waals surface area contributed by atoms with Crippen molar-refractivity contribution in [2.75, 3.05) is 6.61 Å². The summed E-state index contributed by atoms with van der Waals surface area (Å²) in [5.74, 6) is -4.49. The molecule has 0 aromatic heterocycles. The summed E-state index contributed by atoms with van der Waals surface area (Å²) in [6, 6.07) is 0. The predicted octanol–water partition coefficient (Wildman–Crippen LogP) is 0.917. The van der Waals surface area contributed by atoms with Gasteiger partial charge in [0.05, 0.1) is 5.92 Å². The highest BCUT2D eigenvalue weighted by Crippen LogP contribution is 2.33. The lowest BCUT2D eigenvalue weighted by Crippen LogP contribution is -2.45. The number of hydrogen-bond donors (Lipinski definition) is 2. The molecule has 0 heterocycles. The summed E-state index contributed by atoms with van der Waals surface area (Å²) in [6.07, 6.45) is 0.938. The van der Waals surface area contributed by atoms with Gasteiger partial charge in [0.25, 0.3) is 0 Å². The Morgan fingerprint density at radius 3 is 2.24 bits per heavy atom. The Kier molecular flexibility index (Phi) is 5.37. The number of aliphatic carboxylic acids is 2. The van der Waals surface area contributed by atoms with E-state index in [0.717, 1.165) is 6.08 Å². The smallest absolute Gasteiger partial charge is 0.330 e. The van der Waals surface area contributed by atoms with Crippen molar-refractivity contribution in [1.82, 2.24) is 0 Å². The second-order valence-corrected chi connectivity index (χ2v) is 3.69. The molecule has 0 spiro atoms. The molecule has 6 nitrogen and oxygen atoms in total. The minimum Gasteiger partial charge on any atom is -0.481 e. The second kappa shape index (κ2) is 6.03. The van der Waals surface area contributed by atoms with Crippen molar-refractivity contribution >= 4 is 17.9 Å². The van der Waals surface area contributed by atoms with E-state index in [9.17, 15) is 14.4 Å². The first kappa shape index (κ1) is 15.2. The first-order valence-corrected chi connectivity index (χ1v) is 5.07. The molecule has 6 heteroatoms. The van der Waals surface area contributed by atoms with Crippen LogP contribution in [0.1, 0.15) is 20.3 Å². The highest BCUT2D eigenvalue weighted by molar-refractivity contribution is 5.85. The summed E-state index contributed by atoms with van der Waals surface area (Å²) in [5.41, 5.74) is -1.62. The van der Waals surface area contributed by atoms with Crippen LogP contribution in [0.25, 0.3) is 0 Å². The molecule has 0 radical (unpaired) electrons. The van der Waals surface area contributed by atoms with Gasteiger partial charge in [-0.3, -0.25) is 9.59 Å². The van der Waals surface area contributed by atoms with Crippen LogP contribution in [0.4, 0.5) is 0 Å². The van der Waals surface area contributed by atoms with Crippen LogP contribution < -0.4 is 0 Å². The molecular formula is C11H16O6. The number of ether oxygens (including phenoxy) is 1. The monoisotopic (exact) mass is 244 g/mol. The zero-order valence-electron chi connectivity index (χ0n) is 9.80. The van der Waals surface area contributed by atoms with Crippen LogP contribution in [-0.2, 0) is 19.1 Å². The van der Waals surface area contributed by atoms with Crippen LogP contribution in [0.3, 0.4) is 0 Å². The topological polar surface area (TPSA) is 101 Å². The van der Waals surface area contributed by atoms with Gasteiger partial charge >= 0.3 is 17.9 Å². The quantitative estimate of drug-likeness (QED) is 0.510. The molecule has 2 N–H and O–H groups in total. The van der Waals surface area contributed by atoms with E-state index < -0.39 is 35.8 Å². The Morgan fingerprint density at radius 2 is 1.94 bits per heavy atom. The fraction of sp³-hybridized carbons (Fsp3) is 0.545. The van der Waals surface area contributed by atoms with Gasteiger partial charge in [-0.2, -0.15) is 0 Å².